The summed E-state index contributed by atoms with van der Waals surface area (Å²) in [6.07, 6.45) is 0. The van der Waals surface area contributed by atoms with Crippen LogP contribution in [-0.4, -0.2) is 18.4 Å². The molecule has 1 atom stereocenters. The van der Waals surface area contributed by atoms with Crippen molar-refractivity contribution in [3.05, 3.63) is 29.8 Å². The fourth-order valence-corrected chi connectivity index (χ4v) is 6.43. The summed E-state index contributed by atoms with van der Waals surface area (Å²) in [7, 11) is -4.10. The van der Waals surface area contributed by atoms with Crippen molar-refractivity contribution in [2.75, 3.05) is 0 Å². The molecule has 0 saturated carbocycles. The lowest BCUT2D eigenvalue weighted by atomic mass is 10.2. The van der Waals surface area contributed by atoms with Crippen molar-refractivity contribution in [3.8, 4) is 0 Å². The zero-order chi connectivity index (χ0) is 14.8. The lowest BCUT2D eigenvalue weighted by molar-refractivity contribution is 0.598. The zero-order valence-corrected chi connectivity index (χ0v) is 14.1. The summed E-state index contributed by atoms with van der Waals surface area (Å²) in [6, 6.07) is 6.84. The fourth-order valence-electron chi connectivity index (χ4n) is 1.76. The third-order valence-corrected chi connectivity index (χ3v) is 7.01. The van der Waals surface area contributed by atoms with Gasteiger partial charge in [-0.3, -0.25) is 0 Å². The highest BCUT2D eigenvalue weighted by Gasteiger charge is 2.24. The van der Waals surface area contributed by atoms with Gasteiger partial charge in [-0.2, -0.15) is 8.42 Å². The molecule has 0 saturated heterocycles. The molecule has 0 fully saturated rings. The quantitative estimate of drug-likeness (QED) is 0.854. The van der Waals surface area contributed by atoms with Crippen LogP contribution in [0.3, 0.4) is 0 Å². The van der Waals surface area contributed by atoms with Gasteiger partial charge in [0.1, 0.15) is 0 Å². The Kier molecular flexibility index (Phi) is 4.96. The first-order valence-corrected chi connectivity index (χ1v) is 9.00. The van der Waals surface area contributed by atoms with Crippen molar-refractivity contribution >= 4 is 20.7 Å². The second kappa shape index (κ2) is 5.75. The van der Waals surface area contributed by atoms with Gasteiger partial charge in [0.2, 0.25) is 0 Å². The average Bonchev–Trinajstić information content (AvgIpc) is 2.24. The first kappa shape index (κ1) is 16.4. The molecule has 0 aliphatic rings. The first-order valence-electron chi connectivity index (χ1n) is 6.32. The zero-order valence-electron chi connectivity index (χ0n) is 12.5. The molecule has 108 valence electrons. The molecule has 1 aromatic carbocycles. The molecule has 0 amide bonds. The molecule has 0 heterocycles. The van der Waals surface area contributed by atoms with Crippen LogP contribution in [0.5, 0.6) is 0 Å². The SMILES string of the molecule is Cc1ccc(S(=O)(=O)/N=S(\C(C)C)C(C)(C)C)cc1. The molecule has 0 bridgehead atoms. The van der Waals surface area contributed by atoms with E-state index in [9.17, 15) is 8.42 Å². The summed E-state index contributed by atoms with van der Waals surface area (Å²) >= 11 is 0. The highest BCUT2D eigenvalue weighted by Crippen LogP contribution is 2.23. The van der Waals surface area contributed by atoms with Crippen molar-refractivity contribution in [2.24, 2.45) is 3.77 Å². The van der Waals surface area contributed by atoms with E-state index in [1.165, 1.54) is 0 Å². The number of sulfonamides is 1. The van der Waals surface area contributed by atoms with Gasteiger partial charge in [0.05, 0.1) is 4.90 Å². The fraction of sp³-hybridized carbons (Fsp3) is 0.571. The molecular weight excluding hydrogens is 278 g/mol. The van der Waals surface area contributed by atoms with Gasteiger partial charge in [-0.25, -0.2) is 0 Å². The van der Waals surface area contributed by atoms with E-state index in [1.54, 1.807) is 24.3 Å². The van der Waals surface area contributed by atoms with E-state index in [0.717, 1.165) is 5.56 Å². The van der Waals surface area contributed by atoms with E-state index in [1.807, 2.05) is 41.5 Å². The monoisotopic (exact) mass is 301 g/mol. The van der Waals surface area contributed by atoms with Crippen LogP contribution in [0.1, 0.15) is 40.2 Å². The topological polar surface area (TPSA) is 46.5 Å². The minimum Gasteiger partial charge on any atom is -0.199 e. The lowest BCUT2D eigenvalue weighted by Gasteiger charge is -2.25. The van der Waals surface area contributed by atoms with E-state index in [4.69, 9.17) is 0 Å². The van der Waals surface area contributed by atoms with Crippen molar-refractivity contribution in [1.82, 2.24) is 0 Å². The Labute approximate surface area is 119 Å². The highest BCUT2D eigenvalue weighted by molar-refractivity contribution is 8.01. The predicted octanol–water partition coefficient (Wildman–Crippen LogP) is 3.69. The predicted molar refractivity (Wildman–Crippen MR) is 83.0 cm³/mol. The van der Waals surface area contributed by atoms with Crippen LogP contribution in [0.25, 0.3) is 0 Å². The van der Waals surface area contributed by atoms with Gasteiger partial charge in [-0.15, -0.1) is 3.77 Å². The largest absolute Gasteiger partial charge is 0.287 e. The second-order valence-corrected chi connectivity index (χ2v) is 10.7. The van der Waals surface area contributed by atoms with E-state index in [2.05, 4.69) is 3.77 Å². The molecule has 0 aliphatic heterocycles. The Hall–Kier alpha value is -0.680. The standard InChI is InChI=1S/C14H23NO2S2/c1-11(2)18(14(4,5)6)15-19(16,17)13-9-7-12(3)8-10-13/h7-11H,1-6H3. The van der Waals surface area contributed by atoms with E-state index < -0.39 is 20.7 Å². The number of hydrogen-bond acceptors (Lipinski definition) is 2. The Morgan fingerprint density at radius 1 is 1.11 bits per heavy atom. The normalized spacial score (nSPS) is 14.9. The maximum absolute atomic E-state index is 12.3. The van der Waals surface area contributed by atoms with Crippen LogP contribution in [0.4, 0.5) is 0 Å². The molecule has 0 spiro atoms. The molecule has 1 aromatic rings. The van der Waals surface area contributed by atoms with Gasteiger partial charge < -0.3 is 0 Å². The lowest BCUT2D eigenvalue weighted by Crippen LogP contribution is -2.28. The van der Waals surface area contributed by atoms with Crippen molar-refractivity contribution in [1.29, 1.82) is 0 Å². The Balaban J connectivity index is 3.30. The number of aryl methyl sites for hydroxylation is 1. The van der Waals surface area contributed by atoms with E-state index in [0.29, 0.717) is 0 Å². The van der Waals surface area contributed by atoms with Crippen LogP contribution in [0.2, 0.25) is 0 Å². The molecule has 1 unspecified atom stereocenters. The molecule has 0 aromatic heterocycles. The number of nitrogens with zero attached hydrogens (tertiary/aromatic N) is 1. The second-order valence-electron chi connectivity index (χ2n) is 5.84. The summed E-state index contributed by atoms with van der Waals surface area (Å²) in [5.74, 6) is 0. The molecule has 5 heteroatoms. The third-order valence-electron chi connectivity index (χ3n) is 2.57. The first-order chi connectivity index (χ1) is 8.54. The summed E-state index contributed by atoms with van der Waals surface area (Å²) in [4.78, 5) is 0.278. The highest BCUT2D eigenvalue weighted by atomic mass is 32.3. The summed E-state index contributed by atoms with van der Waals surface area (Å²) in [6.45, 7) is 12.1. The molecule has 0 aliphatic carbocycles. The summed E-state index contributed by atoms with van der Waals surface area (Å²) in [5.41, 5.74) is 1.04. The smallest absolute Gasteiger partial charge is 0.199 e. The molecule has 0 N–H and O–H groups in total. The van der Waals surface area contributed by atoms with Gasteiger partial charge in [-0.1, -0.05) is 42.2 Å². The van der Waals surface area contributed by atoms with Gasteiger partial charge in [0.25, 0.3) is 10.0 Å². The third kappa shape index (κ3) is 4.42. The van der Waals surface area contributed by atoms with Crippen molar-refractivity contribution in [3.63, 3.8) is 0 Å². The van der Waals surface area contributed by atoms with Gasteiger partial charge >= 0.3 is 0 Å². The Morgan fingerprint density at radius 2 is 1.58 bits per heavy atom. The van der Waals surface area contributed by atoms with Crippen LogP contribution < -0.4 is 0 Å². The van der Waals surface area contributed by atoms with Gasteiger partial charge in [0.15, 0.2) is 0 Å². The number of benzene rings is 1. The van der Waals surface area contributed by atoms with Crippen LogP contribution in [0.15, 0.2) is 32.9 Å². The van der Waals surface area contributed by atoms with Gasteiger partial charge in [0, 0.05) is 10.00 Å². The maximum Gasteiger partial charge on any atom is 0.287 e. The molecule has 0 radical (unpaired) electrons. The Morgan fingerprint density at radius 3 is 1.95 bits per heavy atom. The van der Waals surface area contributed by atoms with Crippen LogP contribution >= 0.6 is 0 Å². The number of rotatable bonds is 3. The van der Waals surface area contributed by atoms with Crippen molar-refractivity contribution < 1.29 is 8.42 Å². The van der Waals surface area contributed by atoms with Gasteiger partial charge in [-0.05, 0) is 39.8 Å². The van der Waals surface area contributed by atoms with Crippen molar-refractivity contribution in [2.45, 2.75) is 56.4 Å². The van der Waals surface area contributed by atoms with Crippen LogP contribution in [-0.2, 0) is 20.7 Å². The van der Waals surface area contributed by atoms with E-state index in [-0.39, 0.29) is 14.9 Å². The molecule has 1 rings (SSSR count). The minimum atomic E-state index is -3.57. The molecule has 19 heavy (non-hydrogen) atoms. The summed E-state index contributed by atoms with van der Waals surface area (Å²) < 4.78 is 28.7. The van der Waals surface area contributed by atoms with Crippen LogP contribution in [0, 0.1) is 6.92 Å². The number of hydrogen-bond donors (Lipinski definition) is 0. The maximum atomic E-state index is 12.3. The average molecular weight is 301 g/mol. The Bertz CT molecular complexity index is 564. The molecule has 3 nitrogen and oxygen atoms in total. The molecular formula is C14H23NO2S2. The van der Waals surface area contributed by atoms with E-state index >= 15 is 0 Å². The minimum absolute atomic E-state index is 0.147. The summed E-state index contributed by atoms with van der Waals surface area (Å²) in [5, 5.41) is 0.209.